The molecule has 1 aromatic carbocycles. The Hall–Kier alpha value is -3.07. The summed E-state index contributed by atoms with van der Waals surface area (Å²) < 4.78 is 36.3. The smallest absolute Gasteiger partial charge is 0.267 e. The van der Waals surface area contributed by atoms with Gasteiger partial charge in [-0.05, 0) is 37.3 Å². The van der Waals surface area contributed by atoms with Gasteiger partial charge in [0.15, 0.2) is 5.76 Å². The van der Waals surface area contributed by atoms with E-state index in [-0.39, 0.29) is 17.0 Å². The number of rotatable bonds is 6. The van der Waals surface area contributed by atoms with Gasteiger partial charge < -0.3 is 14.6 Å². The van der Waals surface area contributed by atoms with Gasteiger partial charge in [0.1, 0.15) is 5.75 Å². The fourth-order valence-electron chi connectivity index (χ4n) is 2.30. The van der Waals surface area contributed by atoms with Crippen LogP contribution < -0.4 is 10.1 Å². The fourth-order valence-corrected chi connectivity index (χ4v) is 3.50. The van der Waals surface area contributed by atoms with E-state index < -0.39 is 15.9 Å². The Morgan fingerprint density at radius 2 is 2.00 bits per heavy atom. The lowest BCUT2D eigenvalue weighted by Crippen LogP contribution is -2.22. The number of ether oxygens (including phenoxy) is 1. The van der Waals surface area contributed by atoms with Crippen molar-refractivity contribution < 1.29 is 22.5 Å². The van der Waals surface area contributed by atoms with E-state index in [1.165, 1.54) is 37.7 Å². The number of nitrogens with one attached hydrogen (secondary N) is 1. The van der Waals surface area contributed by atoms with Crippen molar-refractivity contribution in [1.82, 2.24) is 14.4 Å². The molecule has 0 atom stereocenters. The lowest BCUT2D eigenvalue weighted by molar-refractivity contribution is 0.0947. The lowest BCUT2D eigenvalue weighted by Gasteiger charge is -2.06. The number of methoxy groups -OCH3 is 1. The number of carbonyl (C=O) groups excluding carboxylic acids is 1. The summed E-state index contributed by atoms with van der Waals surface area (Å²) in [6.45, 7) is 1.94. The first-order chi connectivity index (χ1) is 12.4. The molecule has 3 aromatic rings. The van der Waals surface area contributed by atoms with Crippen LogP contribution in [0.5, 0.6) is 5.75 Å². The number of hydrogen-bond acceptors (Lipinski definition) is 6. The minimum Gasteiger partial charge on any atom is -0.497 e. The van der Waals surface area contributed by atoms with Crippen molar-refractivity contribution >= 4 is 15.9 Å². The molecule has 0 bridgehead atoms. The summed E-state index contributed by atoms with van der Waals surface area (Å²) >= 11 is 0. The van der Waals surface area contributed by atoms with Crippen molar-refractivity contribution in [2.45, 2.75) is 18.4 Å². The fraction of sp³-hybridized carbons (Fsp3) is 0.176. The molecule has 0 saturated carbocycles. The van der Waals surface area contributed by atoms with Gasteiger partial charge in [0.2, 0.25) is 0 Å². The van der Waals surface area contributed by atoms with Crippen LogP contribution >= 0.6 is 0 Å². The number of carbonyl (C=O) groups is 1. The van der Waals surface area contributed by atoms with E-state index in [9.17, 15) is 13.2 Å². The van der Waals surface area contributed by atoms with E-state index in [1.54, 1.807) is 25.1 Å². The first-order valence-electron chi connectivity index (χ1n) is 7.68. The molecule has 8 nitrogen and oxygen atoms in total. The maximum absolute atomic E-state index is 12.6. The maximum Gasteiger partial charge on any atom is 0.267 e. The summed E-state index contributed by atoms with van der Waals surface area (Å²) in [6.07, 6.45) is 2.59. The quantitative estimate of drug-likeness (QED) is 0.706. The van der Waals surface area contributed by atoms with Crippen LogP contribution in [-0.2, 0) is 16.6 Å². The van der Waals surface area contributed by atoms with Crippen molar-refractivity contribution in [3.8, 4) is 5.75 Å². The monoisotopic (exact) mass is 375 g/mol. The van der Waals surface area contributed by atoms with Gasteiger partial charge in [-0.3, -0.25) is 4.79 Å². The predicted octanol–water partition coefficient (Wildman–Crippen LogP) is 1.96. The van der Waals surface area contributed by atoms with Crippen molar-refractivity contribution in [2.75, 3.05) is 7.11 Å². The molecule has 3 rings (SSSR count). The number of nitrogens with zero attached hydrogens (tertiary/aromatic N) is 2. The molecule has 1 N–H and O–H groups in total. The van der Waals surface area contributed by atoms with Gasteiger partial charge in [-0.2, -0.15) is 0 Å². The van der Waals surface area contributed by atoms with E-state index in [4.69, 9.17) is 9.26 Å². The number of aromatic nitrogens is 2. The molecule has 0 radical (unpaired) electrons. The molecule has 136 valence electrons. The Labute approximate surface area is 150 Å². The second-order valence-electron chi connectivity index (χ2n) is 5.53. The van der Waals surface area contributed by atoms with Gasteiger partial charge in [-0.15, -0.1) is 0 Å². The van der Waals surface area contributed by atoms with Crippen LogP contribution in [-0.4, -0.2) is 30.6 Å². The van der Waals surface area contributed by atoms with Gasteiger partial charge in [0.05, 0.1) is 29.8 Å². The number of aryl methyl sites for hydroxylation is 1. The number of benzene rings is 1. The molecule has 0 spiro atoms. The molecule has 2 aromatic heterocycles. The summed E-state index contributed by atoms with van der Waals surface area (Å²) in [4.78, 5) is 12.3. The van der Waals surface area contributed by atoms with Crippen molar-refractivity contribution in [1.29, 1.82) is 0 Å². The van der Waals surface area contributed by atoms with E-state index in [0.29, 0.717) is 17.2 Å². The molecule has 0 fully saturated rings. The van der Waals surface area contributed by atoms with Gasteiger partial charge in [0.25, 0.3) is 15.9 Å². The second-order valence-corrected chi connectivity index (χ2v) is 7.37. The first kappa shape index (κ1) is 17.7. The van der Waals surface area contributed by atoms with Crippen molar-refractivity contribution in [3.63, 3.8) is 0 Å². The molecule has 0 aliphatic carbocycles. The van der Waals surface area contributed by atoms with Crippen molar-refractivity contribution in [2.24, 2.45) is 0 Å². The first-order valence-corrected chi connectivity index (χ1v) is 9.12. The Morgan fingerprint density at radius 3 is 2.62 bits per heavy atom. The SMILES string of the molecule is COc1ccc(S(=O)(=O)n2ccc(C(=O)NCc3cc(C)no3)c2)cc1. The zero-order chi connectivity index (χ0) is 18.7. The van der Waals surface area contributed by atoms with Crippen LogP contribution in [0.1, 0.15) is 21.8 Å². The zero-order valence-corrected chi connectivity index (χ0v) is 15.0. The van der Waals surface area contributed by atoms with Gasteiger partial charge in [0, 0.05) is 18.5 Å². The Morgan fingerprint density at radius 1 is 1.27 bits per heavy atom. The van der Waals surface area contributed by atoms with Gasteiger partial charge >= 0.3 is 0 Å². The summed E-state index contributed by atoms with van der Waals surface area (Å²) in [7, 11) is -2.29. The van der Waals surface area contributed by atoms with Crippen LogP contribution in [0, 0.1) is 6.92 Å². The van der Waals surface area contributed by atoms with Crippen LogP contribution in [0.3, 0.4) is 0 Å². The van der Waals surface area contributed by atoms with Crippen LogP contribution in [0.25, 0.3) is 0 Å². The average Bonchev–Trinajstić information content (AvgIpc) is 3.29. The molecule has 9 heteroatoms. The minimum absolute atomic E-state index is 0.0954. The predicted molar refractivity (Wildman–Crippen MR) is 92.4 cm³/mol. The van der Waals surface area contributed by atoms with E-state index in [1.807, 2.05) is 0 Å². The Bertz CT molecular complexity index is 1020. The topological polar surface area (TPSA) is 103 Å². The average molecular weight is 375 g/mol. The van der Waals surface area contributed by atoms with E-state index >= 15 is 0 Å². The molecule has 0 aliphatic heterocycles. The number of hydrogen-bond donors (Lipinski definition) is 1. The molecule has 0 aliphatic rings. The van der Waals surface area contributed by atoms with E-state index in [0.717, 1.165) is 3.97 Å². The maximum atomic E-state index is 12.6. The highest BCUT2D eigenvalue weighted by Gasteiger charge is 2.18. The molecule has 1 amide bonds. The second kappa shape index (κ2) is 7.04. The molecular formula is C17H17N3O5S. The third-order valence-corrected chi connectivity index (χ3v) is 5.31. The van der Waals surface area contributed by atoms with Gasteiger partial charge in [-0.25, -0.2) is 12.4 Å². The summed E-state index contributed by atoms with van der Waals surface area (Å²) in [5, 5.41) is 6.38. The lowest BCUT2D eigenvalue weighted by atomic mass is 10.3. The number of amides is 1. The third-order valence-electron chi connectivity index (χ3n) is 3.66. The molecule has 26 heavy (non-hydrogen) atoms. The highest BCUT2D eigenvalue weighted by Crippen LogP contribution is 2.19. The molecule has 0 saturated heterocycles. The molecule has 2 heterocycles. The van der Waals surface area contributed by atoms with Crippen LogP contribution in [0.4, 0.5) is 0 Å². The molecule has 0 unspecified atom stereocenters. The van der Waals surface area contributed by atoms with Gasteiger partial charge in [-0.1, -0.05) is 5.16 Å². The highest BCUT2D eigenvalue weighted by molar-refractivity contribution is 7.90. The summed E-state index contributed by atoms with van der Waals surface area (Å²) in [5.74, 6) is 0.656. The standard InChI is InChI=1S/C17H17N3O5S/c1-12-9-15(25-19-12)10-18-17(21)13-7-8-20(11-13)26(22,23)16-5-3-14(24-2)4-6-16/h3-9,11H,10H2,1-2H3,(H,18,21). The Balaban J connectivity index is 1.74. The Kier molecular flexibility index (Phi) is 4.81. The third kappa shape index (κ3) is 3.62. The highest BCUT2D eigenvalue weighted by atomic mass is 32.2. The van der Waals surface area contributed by atoms with Crippen LogP contribution in [0.15, 0.2) is 58.2 Å². The van der Waals surface area contributed by atoms with E-state index in [2.05, 4.69) is 10.5 Å². The summed E-state index contributed by atoms with van der Waals surface area (Å²) in [6, 6.07) is 9.15. The largest absolute Gasteiger partial charge is 0.497 e. The molecular weight excluding hydrogens is 358 g/mol. The summed E-state index contributed by atoms with van der Waals surface area (Å²) in [5.41, 5.74) is 0.935. The zero-order valence-electron chi connectivity index (χ0n) is 14.2. The van der Waals surface area contributed by atoms with Crippen LogP contribution in [0.2, 0.25) is 0 Å². The minimum atomic E-state index is -3.79. The normalized spacial score (nSPS) is 11.3. The van der Waals surface area contributed by atoms with Crippen molar-refractivity contribution in [3.05, 3.63) is 65.8 Å².